The smallest absolute Gasteiger partial charge is 0.264 e. The van der Waals surface area contributed by atoms with Gasteiger partial charge in [-0.15, -0.1) is 0 Å². The van der Waals surface area contributed by atoms with Gasteiger partial charge in [0.15, 0.2) is 0 Å². The minimum Gasteiger partial charge on any atom is -0.380 e. The zero-order chi connectivity index (χ0) is 14.7. The predicted molar refractivity (Wildman–Crippen MR) is 76.7 cm³/mol. The molecule has 0 aliphatic heterocycles. The number of carbonyl (C=O) groups is 1. The van der Waals surface area contributed by atoms with Crippen molar-refractivity contribution in [2.45, 2.75) is 33.2 Å². The first kappa shape index (κ1) is 15.5. The predicted octanol–water partition coefficient (Wildman–Crippen LogP) is 1.98. The minimum absolute atomic E-state index is 0.0741. The van der Waals surface area contributed by atoms with E-state index in [4.69, 9.17) is 0 Å². The van der Waals surface area contributed by atoms with Gasteiger partial charge < -0.3 is 5.32 Å². The maximum Gasteiger partial charge on any atom is 0.264 e. The first-order valence-corrected chi connectivity index (χ1v) is 7.71. The molecule has 6 heteroatoms. The Morgan fingerprint density at radius 2 is 1.68 bits per heavy atom. The monoisotopic (exact) mass is 284 g/mol. The molecule has 0 fully saturated rings. The largest absolute Gasteiger partial charge is 0.380 e. The first-order chi connectivity index (χ1) is 8.63. The van der Waals surface area contributed by atoms with E-state index in [-0.39, 0.29) is 11.3 Å². The highest BCUT2D eigenvalue weighted by Crippen LogP contribution is 2.15. The molecule has 5 nitrogen and oxygen atoms in total. The third kappa shape index (κ3) is 5.30. The summed E-state index contributed by atoms with van der Waals surface area (Å²) in [6, 6.07) is 6.68. The van der Waals surface area contributed by atoms with Crippen LogP contribution in [-0.4, -0.2) is 25.6 Å². The number of hydrogen-bond acceptors (Lipinski definition) is 4. The molecule has 1 aromatic carbocycles. The summed E-state index contributed by atoms with van der Waals surface area (Å²) in [5, 5.41) is 3.26. The number of rotatable bonds is 4. The molecule has 0 aromatic heterocycles. The Morgan fingerprint density at radius 1 is 1.16 bits per heavy atom. The van der Waals surface area contributed by atoms with Crippen LogP contribution < -0.4 is 10.0 Å². The SMILES string of the molecule is CCS(=O)(=O)NC(=O)c1ccc(NC(C)(C)C)cc1. The van der Waals surface area contributed by atoms with Crippen LogP contribution in [0.25, 0.3) is 0 Å². The van der Waals surface area contributed by atoms with Crippen molar-refractivity contribution in [2.24, 2.45) is 0 Å². The van der Waals surface area contributed by atoms with Gasteiger partial charge in [-0.1, -0.05) is 0 Å². The fourth-order valence-electron chi connectivity index (χ4n) is 1.41. The van der Waals surface area contributed by atoms with Gasteiger partial charge in [0.1, 0.15) is 0 Å². The second-order valence-electron chi connectivity index (χ2n) is 5.29. The van der Waals surface area contributed by atoms with Crippen LogP contribution in [0.2, 0.25) is 0 Å². The molecule has 2 N–H and O–H groups in total. The standard InChI is InChI=1S/C13H20N2O3S/c1-5-19(17,18)15-12(16)10-6-8-11(9-7-10)14-13(2,3)4/h6-9,14H,5H2,1-4H3,(H,15,16). The van der Waals surface area contributed by atoms with Crippen molar-refractivity contribution >= 4 is 21.6 Å². The number of benzene rings is 1. The van der Waals surface area contributed by atoms with E-state index in [0.717, 1.165) is 5.69 Å². The van der Waals surface area contributed by atoms with Crippen molar-refractivity contribution in [1.82, 2.24) is 4.72 Å². The number of sulfonamides is 1. The zero-order valence-electron chi connectivity index (χ0n) is 11.6. The summed E-state index contributed by atoms with van der Waals surface area (Å²) in [7, 11) is -3.52. The van der Waals surface area contributed by atoms with Gasteiger partial charge in [-0.25, -0.2) is 13.1 Å². The van der Waals surface area contributed by atoms with E-state index < -0.39 is 15.9 Å². The summed E-state index contributed by atoms with van der Waals surface area (Å²) >= 11 is 0. The summed E-state index contributed by atoms with van der Waals surface area (Å²) in [4.78, 5) is 11.7. The summed E-state index contributed by atoms with van der Waals surface area (Å²) in [6.07, 6.45) is 0. The molecule has 0 heterocycles. The Kier molecular flexibility index (Phi) is 4.57. The highest BCUT2D eigenvalue weighted by Gasteiger charge is 2.14. The van der Waals surface area contributed by atoms with Gasteiger partial charge in [0.25, 0.3) is 5.91 Å². The fourth-order valence-corrected chi connectivity index (χ4v) is 1.95. The van der Waals surface area contributed by atoms with Gasteiger partial charge in [-0.2, -0.15) is 0 Å². The summed E-state index contributed by atoms with van der Waals surface area (Å²) in [5.74, 6) is -0.730. The van der Waals surface area contributed by atoms with Crippen LogP contribution in [-0.2, 0) is 10.0 Å². The van der Waals surface area contributed by atoms with Crippen LogP contribution in [0, 0.1) is 0 Å². The number of amides is 1. The van der Waals surface area contributed by atoms with Gasteiger partial charge in [0.2, 0.25) is 10.0 Å². The first-order valence-electron chi connectivity index (χ1n) is 6.06. The molecule has 106 valence electrons. The fraction of sp³-hybridized carbons (Fsp3) is 0.462. The van der Waals surface area contributed by atoms with Crippen LogP contribution in [0.5, 0.6) is 0 Å². The highest BCUT2D eigenvalue weighted by molar-refractivity contribution is 7.90. The molecule has 1 rings (SSSR count). The Hall–Kier alpha value is -1.56. The zero-order valence-corrected chi connectivity index (χ0v) is 12.5. The second-order valence-corrected chi connectivity index (χ2v) is 7.30. The third-order valence-corrected chi connectivity index (χ3v) is 3.55. The molecule has 0 spiro atoms. The molecule has 1 aromatic rings. The molecule has 0 radical (unpaired) electrons. The van der Waals surface area contributed by atoms with E-state index in [2.05, 4.69) is 5.32 Å². The van der Waals surface area contributed by atoms with E-state index in [1.165, 1.54) is 6.92 Å². The number of hydrogen-bond donors (Lipinski definition) is 2. The van der Waals surface area contributed by atoms with E-state index >= 15 is 0 Å². The number of nitrogens with one attached hydrogen (secondary N) is 2. The number of anilines is 1. The van der Waals surface area contributed by atoms with Crippen molar-refractivity contribution in [3.05, 3.63) is 29.8 Å². The number of carbonyl (C=O) groups excluding carboxylic acids is 1. The van der Waals surface area contributed by atoms with Gasteiger partial charge in [0, 0.05) is 16.8 Å². The topological polar surface area (TPSA) is 75.3 Å². The summed E-state index contributed by atoms with van der Waals surface area (Å²) < 4.78 is 24.6. The van der Waals surface area contributed by atoms with Crippen LogP contribution in [0.15, 0.2) is 24.3 Å². The van der Waals surface area contributed by atoms with Gasteiger partial charge >= 0.3 is 0 Å². The van der Waals surface area contributed by atoms with E-state index in [1.807, 2.05) is 25.5 Å². The third-order valence-electron chi connectivity index (χ3n) is 2.29. The molecule has 1 amide bonds. The Balaban J connectivity index is 2.79. The Bertz CT molecular complexity index is 542. The lowest BCUT2D eigenvalue weighted by molar-refractivity contribution is 0.0981. The van der Waals surface area contributed by atoms with Gasteiger partial charge in [0.05, 0.1) is 5.75 Å². The lowest BCUT2D eigenvalue weighted by Gasteiger charge is -2.22. The molecule has 0 unspecified atom stereocenters. The van der Waals surface area contributed by atoms with Crippen LogP contribution >= 0.6 is 0 Å². The molecule has 0 atom stereocenters. The van der Waals surface area contributed by atoms with Crippen LogP contribution in [0.4, 0.5) is 5.69 Å². The second kappa shape index (κ2) is 5.61. The van der Waals surface area contributed by atoms with E-state index in [1.54, 1.807) is 24.3 Å². The van der Waals surface area contributed by atoms with Crippen LogP contribution in [0.3, 0.4) is 0 Å². The maximum absolute atomic E-state index is 11.7. The Labute approximate surface area is 114 Å². The molecular formula is C13H20N2O3S. The highest BCUT2D eigenvalue weighted by atomic mass is 32.2. The Morgan fingerprint density at radius 3 is 2.11 bits per heavy atom. The average molecular weight is 284 g/mol. The molecule has 0 aliphatic carbocycles. The van der Waals surface area contributed by atoms with Gasteiger partial charge in [-0.05, 0) is 52.0 Å². The minimum atomic E-state index is -3.52. The quantitative estimate of drug-likeness (QED) is 0.886. The van der Waals surface area contributed by atoms with E-state index in [9.17, 15) is 13.2 Å². The van der Waals surface area contributed by atoms with Gasteiger partial charge in [-0.3, -0.25) is 4.79 Å². The molecule has 0 saturated heterocycles. The molecule has 19 heavy (non-hydrogen) atoms. The molecular weight excluding hydrogens is 264 g/mol. The molecule has 0 bridgehead atoms. The average Bonchev–Trinajstić information content (AvgIpc) is 2.27. The normalized spacial score (nSPS) is 12.0. The lowest BCUT2D eigenvalue weighted by atomic mass is 10.1. The summed E-state index contributed by atoms with van der Waals surface area (Å²) in [6.45, 7) is 7.57. The maximum atomic E-state index is 11.7. The molecule has 0 aliphatic rings. The van der Waals surface area contributed by atoms with Crippen molar-refractivity contribution in [2.75, 3.05) is 11.1 Å². The van der Waals surface area contributed by atoms with Crippen molar-refractivity contribution in [1.29, 1.82) is 0 Å². The molecule has 0 saturated carbocycles. The lowest BCUT2D eigenvalue weighted by Crippen LogP contribution is -2.31. The van der Waals surface area contributed by atoms with Crippen molar-refractivity contribution in [3.63, 3.8) is 0 Å². The van der Waals surface area contributed by atoms with Crippen molar-refractivity contribution < 1.29 is 13.2 Å². The van der Waals surface area contributed by atoms with E-state index in [0.29, 0.717) is 5.56 Å². The van der Waals surface area contributed by atoms with Crippen molar-refractivity contribution in [3.8, 4) is 0 Å². The van der Waals surface area contributed by atoms with Crippen LogP contribution in [0.1, 0.15) is 38.1 Å². The summed E-state index contributed by atoms with van der Waals surface area (Å²) in [5.41, 5.74) is 1.12.